The quantitative estimate of drug-likeness (QED) is 0.242. The van der Waals surface area contributed by atoms with Crippen LogP contribution >= 0.6 is 0 Å². The molecule has 3 nitrogen and oxygen atoms in total. The van der Waals surface area contributed by atoms with Crippen molar-refractivity contribution in [2.75, 3.05) is 0 Å². The minimum absolute atomic E-state index is 0.140. The Bertz CT molecular complexity index is 173. The van der Waals surface area contributed by atoms with Crippen LogP contribution in [0, 0.1) is 0 Å². The molecule has 0 aliphatic heterocycles. The largest absolute Gasteiger partial charge is 0.0876 e. The van der Waals surface area contributed by atoms with Crippen LogP contribution < -0.4 is 0 Å². The van der Waals surface area contributed by atoms with Crippen LogP contribution in [0.1, 0.15) is 59.3 Å². The second-order valence-corrected chi connectivity index (χ2v) is 3.89. The summed E-state index contributed by atoms with van der Waals surface area (Å²) in [4.78, 5) is 2.93. The van der Waals surface area contributed by atoms with Crippen LogP contribution in [0.4, 0.5) is 0 Å². The molecule has 0 aromatic heterocycles. The van der Waals surface area contributed by atoms with Crippen molar-refractivity contribution in [1.29, 1.82) is 0 Å². The van der Waals surface area contributed by atoms with E-state index >= 15 is 0 Å². The number of azide groups is 1. The highest BCUT2D eigenvalue weighted by atomic mass is 15.2. The van der Waals surface area contributed by atoms with Crippen molar-refractivity contribution in [2.24, 2.45) is 5.11 Å². The summed E-state index contributed by atoms with van der Waals surface area (Å²) in [7, 11) is 0. The lowest BCUT2D eigenvalue weighted by Gasteiger charge is -2.22. The van der Waals surface area contributed by atoms with Crippen molar-refractivity contribution in [3.8, 4) is 0 Å². The molecule has 1 unspecified atom stereocenters. The molecule has 0 aromatic rings. The zero-order valence-corrected chi connectivity index (χ0v) is 9.08. The number of hydrogen-bond acceptors (Lipinski definition) is 1. The van der Waals surface area contributed by atoms with Gasteiger partial charge < -0.3 is 0 Å². The molecule has 0 fully saturated rings. The molecule has 0 saturated heterocycles. The van der Waals surface area contributed by atoms with E-state index in [0.717, 1.165) is 19.3 Å². The number of hydrogen-bond donors (Lipinski definition) is 0. The van der Waals surface area contributed by atoms with E-state index in [-0.39, 0.29) is 5.54 Å². The van der Waals surface area contributed by atoms with Crippen LogP contribution in [-0.4, -0.2) is 5.54 Å². The number of unbranched alkanes of at least 4 members (excludes halogenated alkanes) is 2. The summed E-state index contributed by atoms with van der Waals surface area (Å²) < 4.78 is 0. The molecular weight excluding hydrogens is 162 g/mol. The summed E-state index contributed by atoms with van der Waals surface area (Å²) in [6.07, 6.45) is 6.74. The van der Waals surface area contributed by atoms with Crippen molar-refractivity contribution in [3.63, 3.8) is 0 Å². The van der Waals surface area contributed by atoms with Crippen molar-refractivity contribution >= 4 is 0 Å². The first kappa shape index (κ1) is 12.3. The molecule has 76 valence electrons. The van der Waals surface area contributed by atoms with E-state index in [1.165, 1.54) is 19.3 Å². The molecule has 0 heterocycles. The molecular formula is C10H21N3. The standard InChI is InChI=1S/C10H21N3/c1-4-6-7-9-10(3,8-5-2)12-13-11/h4-9H2,1-3H3. The van der Waals surface area contributed by atoms with Crippen LogP contribution in [0.15, 0.2) is 5.11 Å². The third kappa shape index (κ3) is 5.53. The van der Waals surface area contributed by atoms with Crippen molar-refractivity contribution in [3.05, 3.63) is 10.4 Å². The third-order valence-corrected chi connectivity index (χ3v) is 2.39. The second kappa shape index (κ2) is 6.79. The zero-order valence-electron chi connectivity index (χ0n) is 9.08. The molecule has 13 heavy (non-hydrogen) atoms. The Morgan fingerprint density at radius 2 is 1.85 bits per heavy atom. The Balaban J connectivity index is 3.99. The maximum Gasteiger partial charge on any atom is 0.0460 e. The first-order chi connectivity index (χ1) is 6.18. The van der Waals surface area contributed by atoms with Gasteiger partial charge in [-0.05, 0) is 18.4 Å². The summed E-state index contributed by atoms with van der Waals surface area (Å²) in [6, 6.07) is 0. The fraction of sp³-hybridized carbons (Fsp3) is 1.00. The van der Waals surface area contributed by atoms with Gasteiger partial charge in [0.05, 0.1) is 0 Å². The molecule has 0 rings (SSSR count). The van der Waals surface area contributed by atoms with E-state index < -0.39 is 0 Å². The highest BCUT2D eigenvalue weighted by molar-refractivity contribution is 4.82. The van der Waals surface area contributed by atoms with Crippen LogP contribution in [0.5, 0.6) is 0 Å². The fourth-order valence-electron chi connectivity index (χ4n) is 1.63. The SMILES string of the molecule is CCCCCC(C)(CCC)N=[N+]=[N-]. The second-order valence-electron chi connectivity index (χ2n) is 3.89. The third-order valence-electron chi connectivity index (χ3n) is 2.39. The molecule has 0 aliphatic rings. The van der Waals surface area contributed by atoms with Crippen LogP contribution in [0.25, 0.3) is 10.4 Å². The normalized spacial score (nSPS) is 14.7. The Kier molecular flexibility index (Phi) is 6.43. The maximum atomic E-state index is 8.44. The Morgan fingerprint density at radius 1 is 1.15 bits per heavy atom. The minimum atomic E-state index is -0.140. The molecule has 1 atom stereocenters. The van der Waals surface area contributed by atoms with Gasteiger partial charge in [-0.1, -0.05) is 51.6 Å². The lowest BCUT2D eigenvalue weighted by atomic mass is 9.91. The first-order valence-electron chi connectivity index (χ1n) is 5.24. The molecule has 0 saturated carbocycles. The smallest absolute Gasteiger partial charge is 0.0460 e. The van der Waals surface area contributed by atoms with Gasteiger partial charge in [-0.25, -0.2) is 0 Å². The minimum Gasteiger partial charge on any atom is -0.0876 e. The number of rotatable bonds is 7. The average molecular weight is 183 g/mol. The molecule has 0 aliphatic carbocycles. The van der Waals surface area contributed by atoms with Gasteiger partial charge in [-0.3, -0.25) is 0 Å². The van der Waals surface area contributed by atoms with Gasteiger partial charge in [-0.15, -0.1) is 0 Å². The van der Waals surface area contributed by atoms with Gasteiger partial charge in [0.25, 0.3) is 0 Å². The summed E-state index contributed by atoms with van der Waals surface area (Å²) in [5.74, 6) is 0. The Hall–Kier alpha value is -0.690. The topological polar surface area (TPSA) is 48.8 Å². The lowest BCUT2D eigenvalue weighted by molar-refractivity contribution is 0.379. The van der Waals surface area contributed by atoms with E-state index in [9.17, 15) is 0 Å². The van der Waals surface area contributed by atoms with E-state index in [1.54, 1.807) is 0 Å². The van der Waals surface area contributed by atoms with Crippen LogP contribution in [0.3, 0.4) is 0 Å². The predicted octanol–water partition coefficient (Wildman–Crippen LogP) is 4.44. The van der Waals surface area contributed by atoms with Crippen molar-refractivity contribution in [2.45, 2.75) is 64.8 Å². The van der Waals surface area contributed by atoms with Gasteiger partial charge in [0, 0.05) is 10.5 Å². The molecule has 0 amide bonds. The van der Waals surface area contributed by atoms with Gasteiger partial charge in [0.1, 0.15) is 0 Å². The van der Waals surface area contributed by atoms with E-state index in [4.69, 9.17) is 5.53 Å². The maximum absolute atomic E-state index is 8.44. The van der Waals surface area contributed by atoms with Crippen LogP contribution in [0.2, 0.25) is 0 Å². The summed E-state index contributed by atoms with van der Waals surface area (Å²) in [5, 5.41) is 3.90. The van der Waals surface area contributed by atoms with Crippen molar-refractivity contribution in [1.82, 2.24) is 0 Å². The fourth-order valence-corrected chi connectivity index (χ4v) is 1.63. The predicted molar refractivity (Wildman–Crippen MR) is 56.6 cm³/mol. The average Bonchev–Trinajstić information content (AvgIpc) is 2.05. The summed E-state index contributed by atoms with van der Waals surface area (Å²) in [6.45, 7) is 6.38. The van der Waals surface area contributed by atoms with Crippen LogP contribution in [-0.2, 0) is 0 Å². The van der Waals surface area contributed by atoms with E-state index in [0.29, 0.717) is 0 Å². The first-order valence-corrected chi connectivity index (χ1v) is 5.24. The molecule has 0 N–H and O–H groups in total. The molecule has 0 spiro atoms. The van der Waals surface area contributed by atoms with Gasteiger partial charge >= 0.3 is 0 Å². The molecule has 0 radical (unpaired) electrons. The summed E-state index contributed by atoms with van der Waals surface area (Å²) in [5.41, 5.74) is 8.30. The molecule has 0 aromatic carbocycles. The monoisotopic (exact) mass is 183 g/mol. The summed E-state index contributed by atoms with van der Waals surface area (Å²) >= 11 is 0. The van der Waals surface area contributed by atoms with Crippen molar-refractivity contribution < 1.29 is 0 Å². The zero-order chi connectivity index (χ0) is 10.2. The Labute approximate surface area is 81.2 Å². The Morgan fingerprint density at radius 3 is 2.31 bits per heavy atom. The highest BCUT2D eigenvalue weighted by Crippen LogP contribution is 2.24. The molecule has 0 bridgehead atoms. The van der Waals surface area contributed by atoms with Gasteiger partial charge in [0.2, 0.25) is 0 Å². The van der Waals surface area contributed by atoms with E-state index in [1.807, 2.05) is 0 Å². The van der Waals surface area contributed by atoms with E-state index in [2.05, 4.69) is 30.8 Å². The number of nitrogens with zero attached hydrogens (tertiary/aromatic N) is 3. The van der Waals surface area contributed by atoms with Gasteiger partial charge in [0.15, 0.2) is 0 Å². The highest BCUT2D eigenvalue weighted by Gasteiger charge is 2.20. The molecule has 3 heteroatoms. The lowest BCUT2D eigenvalue weighted by Crippen LogP contribution is -2.20. The van der Waals surface area contributed by atoms with Gasteiger partial charge in [-0.2, -0.15) is 0 Å².